The van der Waals surface area contributed by atoms with Crippen LogP contribution in [0, 0.1) is 0 Å². The zero-order valence-electron chi connectivity index (χ0n) is 18.5. The van der Waals surface area contributed by atoms with E-state index < -0.39 is 10.0 Å². The molecule has 1 aliphatic carbocycles. The van der Waals surface area contributed by atoms with E-state index in [1.54, 1.807) is 37.5 Å². The van der Waals surface area contributed by atoms with E-state index in [0.29, 0.717) is 17.0 Å². The first-order valence-electron chi connectivity index (χ1n) is 11.0. The lowest BCUT2D eigenvalue weighted by Crippen LogP contribution is -2.38. The molecule has 0 radical (unpaired) electrons. The summed E-state index contributed by atoms with van der Waals surface area (Å²) >= 11 is 0. The van der Waals surface area contributed by atoms with Crippen LogP contribution >= 0.6 is 0 Å². The largest absolute Gasteiger partial charge is 0.437 e. The third kappa shape index (κ3) is 5.40. The molecule has 4 rings (SSSR count). The lowest BCUT2D eigenvalue weighted by atomic mass is 9.96. The van der Waals surface area contributed by atoms with Crippen molar-refractivity contribution in [1.29, 1.82) is 0 Å². The summed E-state index contributed by atoms with van der Waals surface area (Å²) in [6.07, 6.45) is 6.60. The first-order chi connectivity index (χ1) is 15.9. The zero-order chi connectivity index (χ0) is 23.3. The monoisotopic (exact) mass is 465 g/mol. The number of amides is 1. The molecule has 3 aromatic rings. The number of carbonyl (C=O) groups excluding carboxylic acids is 1. The number of anilines is 1. The Bertz CT molecular complexity index is 1190. The third-order valence-electron chi connectivity index (χ3n) is 5.86. The number of pyridine rings is 1. The van der Waals surface area contributed by atoms with Gasteiger partial charge in [0.15, 0.2) is 0 Å². The highest BCUT2D eigenvalue weighted by Crippen LogP contribution is 2.28. The van der Waals surface area contributed by atoms with E-state index in [0.717, 1.165) is 32.1 Å². The van der Waals surface area contributed by atoms with Crippen molar-refractivity contribution in [3.05, 3.63) is 78.5 Å². The van der Waals surface area contributed by atoms with Crippen molar-refractivity contribution in [3.63, 3.8) is 0 Å². The van der Waals surface area contributed by atoms with Crippen LogP contribution in [0.4, 0.5) is 5.69 Å². The van der Waals surface area contributed by atoms with Crippen LogP contribution in [0.5, 0.6) is 11.6 Å². The summed E-state index contributed by atoms with van der Waals surface area (Å²) in [5.41, 5.74) is 0.754. The normalized spacial score (nSPS) is 14.7. The van der Waals surface area contributed by atoms with Gasteiger partial charge in [-0.05, 0) is 61.4 Å². The predicted octanol–water partition coefficient (Wildman–Crippen LogP) is 5.08. The molecule has 33 heavy (non-hydrogen) atoms. The summed E-state index contributed by atoms with van der Waals surface area (Å²) < 4.78 is 33.3. The Hall–Kier alpha value is -3.23. The Morgan fingerprint density at radius 1 is 0.970 bits per heavy atom. The maximum Gasteiger partial charge on any atom is 0.255 e. The molecule has 1 aromatic heterocycles. The van der Waals surface area contributed by atoms with Gasteiger partial charge in [0.2, 0.25) is 15.9 Å². The molecular formula is C25H27N3O4S. The standard InChI is InChI=1S/C25H27N3O4S/c1-28(20-9-4-2-5-10-20)33(30,31)22-16-14-19(15-17-22)24(29)27-23-13-8-18-26-25(23)32-21-11-6-3-7-12-21/h3,6-8,11-18,20H,2,4-5,9-10H2,1H3,(H,27,29). The summed E-state index contributed by atoms with van der Waals surface area (Å²) in [5.74, 6) is 0.485. The number of sulfonamides is 1. The van der Waals surface area contributed by atoms with E-state index in [4.69, 9.17) is 4.74 Å². The van der Waals surface area contributed by atoms with E-state index in [2.05, 4.69) is 10.3 Å². The van der Waals surface area contributed by atoms with Crippen LogP contribution in [0.15, 0.2) is 77.8 Å². The predicted molar refractivity (Wildman–Crippen MR) is 127 cm³/mol. The SMILES string of the molecule is CN(C1CCCCC1)S(=O)(=O)c1ccc(C(=O)Nc2cccnc2Oc2ccccc2)cc1. The Labute approximate surface area is 194 Å². The van der Waals surface area contributed by atoms with E-state index >= 15 is 0 Å². The highest BCUT2D eigenvalue weighted by Gasteiger charge is 2.29. The quantitative estimate of drug-likeness (QED) is 0.526. The first kappa shape index (κ1) is 22.9. The van der Waals surface area contributed by atoms with E-state index in [1.807, 2.05) is 18.2 Å². The van der Waals surface area contributed by atoms with Crippen LogP contribution in [0.25, 0.3) is 0 Å². The van der Waals surface area contributed by atoms with Crippen molar-refractivity contribution in [1.82, 2.24) is 9.29 Å². The molecule has 1 fully saturated rings. The van der Waals surface area contributed by atoms with Crippen LogP contribution in [-0.2, 0) is 10.0 Å². The van der Waals surface area contributed by atoms with E-state index in [-0.39, 0.29) is 22.7 Å². The fraction of sp³-hybridized carbons (Fsp3) is 0.280. The summed E-state index contributed by atoms with van der Waals surface area (Å²) in [6, 6.07) is 18.6. The van der Waals surface area contributed by atoms with Crippen LogP contribution in [0.3, 0.4) is 0 Å². The van der Waals surface area contributed by atoms with Crippen LogP contribution < -0.4 is 10.1 Å². The molecule has 0 saturated heterocycles. The Balaban J connectivity index is 1.47. The Kier molecular flexibility index (Phi) is 7.05. The zero-order valence-corrected chi connectivity index (χ0v) is 19.3. The smallest absolute Gasteiger partial charge is 0.255 e. The lowest BCUT2D eigenvalue weighted by molar-refractivity contribution is 0.102. The summed E-state index contributed by atoms with van der Waals surface area (Å²) in [7, 11) is -1.97. The minimum absolute atomic E-state index is 0.0281. The number of hydrogen-bond acceptors (Lipinski definition) is 5. The van der Waals surface area contributed by atoms with Gasteiger partial charge >= 0.3 is 0 Å². The molecule has 0 atom stereocenters. The minimum atomic E-state index is -3.61. The number of rotatable bonds is 7. The van der Waals surface area contributed by atoms with Gasteiger partial charge < -0.3 is 10.1 Å². The molecule has 7 nitrogen and oxygen atoms in total. The molecule has 8 heteroatoms. The van der Waals surface area contributed by atoms with Gasteiger partial charge in [0.1, 0.15) is 11.4 Å². The number of carbonyl (C=O) groups is 1. The molecule has 1 heterocycles. The van der Waals surface area contributed by atoms with Crippen molar-refractivity contribution in [3.8, 4) is 11.6 Å². The van der Waals surface area contributed by atoms with Crippen molar-refractivity contribution >= 4 is 21.6 Å². The number of hydrogen-bond donors (Lipinski definition) is 1. The Morgan fingerprint density at radius 2 is 1.67 bits per heavy atom. The number of nitrogens with one attached hydrogen (secondary N) is 1. The highest BCUT2D eigenvalue weighted by molar-refractivity contribution is 7.89. The first-order valence-corrected chi connectivity index (χ1v) is 12.5. The van der Waals surface area contributed by atoms with Crippen LogP contribution in [0.1, 0.15) is 42.5 Å². The molecule has 0 aliphatic heterocycles. The average Bonchev–Trinajstić information content (AvgIpc) is 2.86. The molecule has 0 spiro atoms. The van der Waals surface area contributed by atoms with Gasteiger partial charge in [-0.25, -0.2) is 13.4 Å². The van der Waals surface area contributed by atoms with Crippen LogP contribution in [0.2, 0.25) is 0 Å². The minimum Gasteiger partial charge on any atom is -0.437 e. The average molecular weight is 466 g/mol. The molecule has 0 bridgehead atoms. The lowest BCUT2D eigenvalue weighted by Gasteiger charge is -2.30. The van der Waals surface area contributed by atoms with Crippen molar-refractivity contribution in [2.45, 2.75) is 43.0 Å². The maximum absolute atomic E-state index is 13.0. The summed E-state index contributed by atoms with van der Waals surface area (Å²) in [5, 5.41) is 2.79. The fourth-order valence-corrected chi connectivity index (χ4v) is 5.36. The number of ether oxygens (including phenoxy) is 1. The molecule has 0 unspecified atom stereocenters. The number of aromatic nitrogens is 1. The van der Waals surface area contributed by atoms with Gasteiger partial charge in [0.25, 0.3) is 5.91 Å². The van der Waals surface area contributed by atoms with Crippen molar-refractivity contribution < 1.29 is 17.9 Å². The van der Waals surface area contributed by atoms with E-state index in [9.17, 15) is 13.2 Å². The summed E-state index contributed by atoms with van der Waals surface area (Å²) in [6.45, 7) is 0. The van der Waals surface area contributed by atoms with Gasteiger partial charge in [-0.15, -0.1) is 0 Å². The molecule has 1 amide bonds. The number of benzene rings is 2. The Morgan fingerprint density at radius 3 is 2.36 bits per heavy atom. The van der Waals surface area contributed by atoms with E-state index in [1.165, 1.54) is 28.6 Å². The van der Waals surface area contributed by atoms with Gasteiger partial charge in [-0.3, -0.25) is 4.79 Å². The molecule has 2 aromatic carbocycles. The second-order valence-electron chi connectivity index (χ2n) is 8.06. The number of nitrogens with zero attached hydrogens (tertiary/aromatic N) is 2. The van der Waals surface area contributed by atoms with Crippen molar-refractivity contribution in [2.24, 2.45) is 0 Å². The topological polar surface area (TPSA) is 88.6 Å². The van der Waals surface area contributed by atoms with Gasteiger partial charge in [0, 0.05) is 24.8 Å². The maximum atomic E-state index is 13.0. The third-order valence-corrected chi connectivity index (χ3v) is 7.78. The second kappa shape index (κ2) is 10.1. The second-order valence-corrected chi connectivity index (χ2v) is 10.1. The molecular weight excluding hydrogens is 438 g/mol. The van der Waals surface area contributed by atoms with Crippen LogP contribution in [-0.4, -0.2) is 36.7 Å². The van der Waals surface area contributed by atoms with Gasteiger partial charge in [0.05, 0.1) is 4.90 Å². The van der Waals surface area contributed by atoms with Gasteiger partial charge in [-0.2, -0.15) is 4.31 Å². The molecule has 172 valence electrons. The fourth-order valence-electron chi connectivity index (χ4n) is 3.95. The van der Waals surface area contributed by atoms with Crippen molar-refractivity contribution in [2.75, 3.05) is 12.4 Å². The molecule has 1 saturated carbocycles. The van der Waals surface area contributed by atoms with Gasteiger partial charge in [-0.1, -0.05) is 37.5 Å². The summed E-state index contributed by atoms with van der Waals surface area (Å²) in [4.78, 5) is 17.2. The number of para-hydroxylation sites is 1. The highest BCUT2D eigenvalue weighted by atomic mass is 32.2. The molecule has 1 aliphatic rings. The molecule has 1 N–H and O–H groups in total.